The minimum atomic E-state index is -1.11. The van der Waals surface area contributed by atoms with Gasteiger partial charge < -0.3 is 20.6 Å². The van der Waals surface area contributed by atoms with E-state index in [0.29, 0.717) is 6.42 Å². The van der Waals surface area contributed by atoms with Crippen molar-refractivity contribution >= 4 is 5.91 Å². The average Bonchev–Trinajstić information content (AvgIpc) is 3.07. The molecule has 0 rings (SSSR count). The second kappa shape index (κ2) is 37.4. The van der Waals surface area contributed by atoms with Crippen LogP contribution in [0, 0.1) is 0 Å². The summed E-state index contributed by atoms with van der Waals surface area (Å²) >= 11 is 0. The van der Waals surface area contributed by atoms with E-state index < -0.39 is 24.2 Å². The Labute approximate surface area is 292 Å². The summed E-state index contributed by atoms with van der Waals surface area (Å²) in [6.45, 7) is 4.15. The molecule has 1 amide bonds. The van der Waals surface area contributed by atoms with Crippen LogP contribution >= 0.6 is 0 Å². The van der Waals surface area contributed by atoms with E-state index in [9.17, 15) is 20.1 Å². The van der Waals surface area contributed by atoms with E-state index in [-0.39, 0.29) is 6.61 Å². The van der Waals surface area contributed by atoms with Gasteiger partial charge in [0, 0.05) is 0 Å². The maximum Gasteiger partial charge on any atom is 0.249 e. The highest BCUT2D eigenvalue weighted by Crippen LogP contribution is 2.13. The Kier molecular flexibility index (Phi) is 36.3. The summed E-state index contributed by atoms with van der Waals surface area (Å²) in [5, 5.41) is 33.0. The van der Waals surface area contributed by atoms with Crippen molar-refractivity contribution in [1.82, 2.24) is 5.32 Å². The van der Waals surface area contributed by atoms with E-state index in [1.165, 1.54) is 141 Å². The normalized spacial score (nSPS) is 14.1. The van der Waals surface area contributed by atoms with E-state index in [4.69, 9.17) is 0 Å². The third kappa shape index (κ3) is 32.9. The summed E-state index contributed by atoms with van der Waals surface area (Å²) in [6.07, 6.45) is 45.9. The molecule has 47 heavy (non-hydrogen) atoms. The van der Waals surface area contributed by atoms with Crippen molar-refractivity contribution < 1.29 is 20.1 Å². The van der Waals surface area contributed by atoms with E-state index in [1.54, 1.807) is 6.08 Å². The van der Waals surface area contributed by atoms with Crippen LogP contribution in [0.4, 0.5) is 0 Å². The molecule has 0 radical (unpaired) electrons. The zero-order valence-corrected chi connectivity index (χ0v) is 31.2. The smallest absolute Gasteiger partial charge is 0.249 e. The van der Waals surface area contributed by atoms with Gasteiger partial charge in [0.1, 0.15) is 6.10 Å². The second-order valence-electron chi connectivity index (χ2n) is 13.8. The molecule has 0 aromatic heterocycles. The highest BCUT2D eigenvalue weighted by molar-refractivity contribution is 5.80. The number of aliphatic hydroxyl groups is 3. The average molecular weight is 662 g/mol. The first kappa shape index (κ1) is 45.6. The highest BCUT2D eigenvalue weighted by Gasteiger charge is 2.22. The maximum absolute atomic E-state index is 12.4. The molecule has 5 nitrogen and oxygen atoms in total. The molecule has 3 unspecified atom stereocenters. The van der Waals surface area contributed by atoms with Gasteiger partial charge in [-0.1, -0.05) is 179 Å². The van der Waals surface area contributed by atoms with Crippen LogP contribution in [-0.4, -0.2) is 46.1 Å². The first-order valence-electron chi connectivity index (χ1n) is 20.3. The molecule has 0 saturated carbocycles. The first-order valence-corrected chi connectivity index (χ1v) is 20.3. The lowest BCUT2D eigenvalue weighted by Gasteiger charge is -2.21. The largest absolute Gasteiger partial charge is 0.394 e. The van der Waals surface area contributed by atoms with Crippen LogP contribution < -0.4 is 5.32 Å². The zero-order chi connectivity index (χ0) is 34.5. The number of unbranched alkanes of at least 4 members (excludes halogenated alkanes) is 24. The lowest BCUT2D eigenvalue weighted by atomic mass is 10.0. The maximum atomic E-state index is 12.4. The van der Waals surface area contributed by atoms with Crippen LogP contribution in [0.25, 0.3) is 0 Å². The van der Waals surface area contributed by atoms with Crippen molar-refractivity contribution in [3.63, 3.8) is 0 Å². The van der Waals surface area contributed by atoms with E-state index in [2.05, 4.69) is 43.5 Å². The third-order valence-corrected chi connectivity index (χ3v) is 9.20. The summed E-state index contributed by atoms with van der Waals surface area (Å²) in [4.78, 5) is 12.4. The van der Waals surface area contributed by atoms with Crippen molar-refractivity contribution in [2.75, 3.05) is 6.61 Å². The molecule has 5 heteroatoms. The molecule has 276 valence electrons. The van der Waals surface area contributed by atoms with E-state index in [0.717, 1.165) is 38.5 Å². The fourth-order valence-electron chi connectivity index (χ4n) is 5.96. The number of aliphatic hydroxyl groups excluding tert-OH is 3. The molecule has 0 heterocycles. The number of carbonyl (C=O) groups excluding carboxylic acids is 1. The monoisotopic (exact) mass is 662 g/mol. The number of hydrogen-bond acceptors (Lipinski definition) is 4. The molecular weight excluding hydrogens is 582 g/mol. The van der Waals surface area contributed by atoms with Gasteiger partial charge in [0.2, 0.25) is 5.91 Å². The van der Waals surface area contributed by atoms with Crippen molar-refractivity contribution in [2.24, 2.45) is 0 Å². The predicted octanol–water partition coefficient (Wildman–Crippen LogP) is 11.2. The van der Waals surface area contributed by atoms with Crippen LogP contribution in [0.5, 0.6) is 0 Å². The standard InChI is InChI=1S/C42H79NO4/c1-3-5-7-9-11-13-15-17-19-20-21-23-25-27-29-31-33-35-37-41(46)42(47)43-39(38-44)40(45)36-34-32-30-28-26-24-22-18-16-14-12-10-8-6-4-2/h20-21,26,28,34,36,39-41,44-46H,3-19,22-25,27,29-33,35,37-38H2,1-2H3,(H,43,47)/b21-20-,28-26+,36-34+. The molecule has 0 saturated heterocycles. The van der Waals surface area contributed by atoms with Gasteiger partial charge in [0.05, 0.1) is 18.8 Å². The van der Waals surface area contributed by atoms with Gasteiger partial charge in [0.15, 0.2) is 0 Å². The van der Waals surface area contributed by atoms with Gasteiger partial charge in [-0.25, -0.2) is 0 Å². The van der Waals surface area contributed by atoms with Crippen LogP contribution in [-0.2, 0) is 4.79 Å². The van der Waals surface area contributed by atoms with Gasteiger partial charge in [-0.15, -0.1) is 0 Å². The van der Waals surface area contributed by atoms with Gasteiger partial charge in [-0.05, 0) is 57.8 Å². The Hall–Kier alpha value is -1.43. The summed E-state index contributed by atoms with van der Waals surface area (Å²) in [5.74, 6) is -0.519. The van der Waals surface area contributed by atoms with Gasteiger partial charge in [-0.2, -0.15) is 0 Å². The van der Waals surface area contributed by atoms with Gasteiger partial charge >= 0.3 is 0 Å². The second-order valence-corrected chi connectivity index (χ2v) is 13.8. The van der Waals surface area contributed by atoms with Gasteiger partial charge in [0.25, 0.3) is 0 Å². The lowest BCUT2D eigenvalue weighted by Crippen LogP contribution is -2.48. The number of nitrogens with one attached hydrogen (secondary N) is 1. The Morgan fingerprint density at radius 3 is 1.30 bits per heavy atom. The van der Waals surface area contributed by atoms with Crippen molar-refractivity contribution in [2.45, 2.75) is 218 Å². The quantitative estimate of drug-likeness (QED) is 0.0397. The number of hydrogen-bond donors (Lipinski definition) is 4. The van der Waals surface area contributed by atoms with Crippen LogP contribution in [0.1, 0.15) is 200 Å². The molecular formula is C42H79NO4. The number of rotatable bonds is 36. The molecule has 0 fully saturated rings. The Morgan fingerprint density at radius 2 is 0.872 bits per heavy atom. The molecule has 0 aliphatic heterocycles. The van der Waals surface area contributed by atoms with Crippen LogP contribution in [0.2, 0.25) is 0 Å². The topological polar surface area (TPSA) is 89.8 Å². The minimum absolute atomic E-state index is 0.378. The molecule has 4 N–H and O–H groups in total. The number of carbonyl (C=O) groups is 1. The van der Waals surface area contributed by atoms with E-state index >= 15 is 0 Å². The SMILES string of the molecule is CCCCCCCCCC/C=C\CCCCCCCCC(O)C(=O)NC(CO)C(O)/C=C/CC/C=C/CCCCCCCCCCC. The summed E-state index contributed by atoms with van der Waals surface area (Å²) < 4.78 is 0. The summed E-state index contributed by atoms with van der Waals surface area (Å²) in [5.41, 5.74) is 0. The molecule has 0 aromatic carbocycles. The molecule has 0 spiro atoms. The van der Waals surface area contributed by atoms with Crippen molar-refractivity contribution in [3.8, 4) is 0 Å². The molecule has 0 bridgehead atoms. The molecule has 3 atom stereocenters. The Balaban J connectivity index is 3.76. The minimum Gasteiger partial charge on any atom is -0.394 e. The Bertz CT molecular complexity index is 734. The fraction of sp³-hybridized carbons (Fsp3) is 0.833. The number of allylic oxidation sites excluding steroid dienone is 5. The molecule has 0 aliphatic carbocycles. The fourth-order valence-corrected chi connectivity index (χ4v) is 5.96. The summed E-state index contributed by atoms with van der Waals surface area (Å²) in [6, 6.07) is -0.815. The zero-order valence-electron chi connectivity index (χ0n) is 31.2. The summed E-state index contributed by atoms with van der Waals surface area (Å²) in [7, 11) is 0. The van der Waals surface area contributed by atoms with Crippen molar-refractivity contribution in [3.05, 3.63) is 36.5 Å². The number of amides is 1. The van der Waals surface area contributed by atoms with Crippen molar-refractivity contribution in [1.29, 1.82) is 0 Å². The third-order valence-electron chi connectivity index (χ3n) is 9.20. The lowest BCUT2D eigenvalue weighted by molar-refractivity contribution is -0.131. The Morgan fingerprint density at radius 1 is 0.511 bits per heavy atom. The van der Waals surface area contributed by atoms with Gasteiger partial charge in [-0.3, -0.25) is 4.79 Å². The highest BCUT2D eigenvalue weighted by atomic mass is 16.3. The predicted molar refractivity (Wildman–Crippen MR) is 204 cm³/mol. The molecule has 0 aliphatic rings. The van der Waals surface area contributed by atoms with Crippen LogP contribution in [0.3, 0.4) is 0 Å². The van der Waals surface area contributed by atoms with E-state index in [1.807, 2.05) is 6.08 Å². The first-order chi connectivity index (χ1) is 23.1. The molecule has 0 aromatic rings. The van der Waals surface area contributed by atoms with Crippen LogP contribution in [0.15, 0.2) is 36.5 Å².